The zero-order chi connectivity index (χ0) is 29.5. The number of benzene rings is 3. The number of rotatable bonds is 11. The largest absolute Gasteiger partial charge is 0.490 e. The summed E-state index contributed by atoms with van der Waals surface area (Å²) in [5.41, 5.74) is 3.04. The summed E-state index contributed by atoms with van der Waals surface area (Å²) < 4.78 is 18.9. The van der Waals surface area contributed by atoms with Crippen molar-refractivity contribution in [2.75, 3.05) is 13.2 Å². The molecule has 0 bridgehead atoms. The quantitative estimate of drug-likeness (QED) is 0.174. The number of hydrogen-bond acceptors (Lipinski definition) is 6. The number of barbiturate groups is 1. The van der Waals surface area contributed by atoms with Crippen LogP contribution in [-0.2, 0) is 22.7 Å². The minimum Gasteiger partial charge on any atom is -0.490 e. The van der Waals surface area contributed by atoms with Crippen molar-refractivity contribution < 1.29 is 28.6 Å². The summed E-state index contributed by atoms with van der Waals surface area (Å²) in [6.07, 6.45) is 2.27. The maximum absolute atomic E-state index is 13.5. The van der Waals surface area contributed by atoms with Crippen LogP contribution in [0.15, 0.2) is 69.1 Å². The minimum atomic E-state index is -0.798. The number of nitrogens with zero attached hydrogens (tertiary/aromatic N) is 1. The molecule has 1 heterocycles. The second-order valence-corrected chi connectivity index (χ2v) is 11.1. The molecule has 0 aromatic heterocycles. The standard InChI is InChI=1S/C31H30Br2N2O6/c1-4-12-40-26-11-10-21(13-27(26)39-5-2)17-35-30(37)24(29(36)34-31(35)38)15-22-14-23(32)16-25(33)28(22)41-18-20-8-6-19(3)7-9-20/h6-11,13-16H,4-5,12,17-18H2,1-3H3,(H,34,36,38)/b24-15+. The lowest BCUT2D eigenvalue weighted by Crippen LogP contribution is -2.53. The summed E-state index contributed by atoms with van der Waals surface area (Å²) in [4.78, 5) is 40.1. The van der Waals surface area contributed by atoms with Crippen molar-refractivity contribution in [3.05, 3.63) is 91.4 Å². The minimum absolute atomic E-state index is 0.0671. The van der Waals surface area contributed by atoms with Crippen LogP contribution in [0.1, 0.15) is 42.5 Å². The third-order valence-corrected chi connectivity index (χ3v) is 7.18. The number of ether oxygens (including phenoxy) is 3. The van der Waals surface area contributed by atoms with Crippen LogP contribution in [0.3, 0.4) is 0 Å². The Morgan fingerprint density at radius 2 is 1.61 bits per heavy atom. The van der Waals surface area contributed by atoms with Crippen molar-refractivity contribution in [3.8, 4) is 17.2 Å². The van der Waals surface area contributed by atoms with E-state index in [1.807, 2.05) is 51.1 Å². The van der Waals surface area contributed by atoms with Crippen molar-refractivity contribution in [1.82, 2.24) is 10.2 Å². The van der Waals surface area contributed by atoms with Gasteiger partial charge in [-0.15, -0.1) is 0 Å². The maximum Gasteiger partial charge on any atom is 0.331 e. The molecule has 41 heavy (non-hydrogen) atoms. The Morgan fingerprint density at radius 3 is 2.32 bits per heavy atom. The van der Waals surface area contributed by atoms with Crippen LogP contribution in [0, 0.1) is 6.92 Å². The van der Waals surface area contributed by atoms with Gasteiger partial charge in [-0.3, -0.25) is 19.8 Å². The van der Waals surface area contributed by atoms with Crippen LogP contribution in [0.4, 0.5) is 4.79 Å². The van der Waals surface area contributed by atoms with Crippen LogP contribution in [0.5, 0.6) is 17.2 Å². The Labute approximate surface area is 255 Å². The first-order chi connectivity index (χ1) is 19.7. The second-order valence-electron chi connectivity index (χ2n) is 9.35. The van der Waals surface area contributed by atoms with Gasteiger partial charge in [0, 0.05) is 10.0 Å². The molecule has 0 aliphatic carbocycles. The zero-order valence-corrected chi connectivity index (χ0v) is 26.1. The van der Waals surface area contributed by atoms with E-state index in [0.29, 0.717) is 50.5 Å². The van der Waals surface area contributed by atoms with E-state index < -0.39 is 17.8 Å². The van der Waals surface area contributed by atoms with Crippen LogP contribution in [-0.4, -0.2) is 36.0 Å². The number of imide groups is 2. The van der Waals surface area contributed by atoms with E-state index in [2.05, 4.69) is 37.2 Å². The molecule has 0 radical (unpaired) electrons. The lowest BCUT2D eigenvalue weighted by molar-refractivity contribution is -0.130. The molecular formula is C31H30Br2N2O6. The first kappa shape index (κ1) is 30.3. The van der Waals surface area contributed by atoms with Crippen LogP contribution >= 0.6 is 31.9 Å². The average Bonchev–Trinajstić information content (AvgIpc) is 2.93. The Bertz CT molecular complexity index is 1490. The summed E-state index contributed by atoms with van der Waals surface area (Å²) in [5, 5.41) is 2.28. The number of halogens is 2. The molecule has 4 amide bonds. The number of urea groups is 1. The van der Waals surface area contributed by atoms with Crippen LogP contribution in [0.25, 0.3) is 6.08 Å². The molecule has 8 nitrogen and oxygen atoms in total. The molecule has 0 saturated carbocycles. The zero-order valence-electron chi connectivity index (χ0n) is 23.0. The van der Waals surface area contributed by atoms with E-state index in [4.69, 9.17) is 14.2 Å². The van der Waals surface area contributed by atoms with E-state index in [-0.39, 0.29) is 18.7 Å². The van der Waals surface area contributed by atoms with Gasteiger partial charge in [0.1, 0.15) is 17.9 Å². The summed E-state index contributed by atoms with van der Waals surface area (Å²) in [5.74, 6) is 0.0543. The van der Waals surface area contributed by atoms with E-state index in [1.165, 1.54) is 6.08 Å². The number of aryl methyl sites for hydroxylation is 1. The third-order valence-electron chi connectivity index (χ3n) is 6.14. The first-order valence-corrected chi connectivity index (χ1v) is 14.7. The molecule has 1 aliphatic rings. The molecule has 214 valence electrons. The summed E-state index contributed by atoms with van der Waals surface area (Å²) in [6, 6.07) is 15.9. The number of carbonyl (C=O) groups excluding carboxylic acids is 3. The van der Waals surface area contributed by atoms with E-state index >= 15 is 0 Å². The van der Waals surface area contributed by atoms with Gasteiger partial charge in [-0.05, 0) is 77.7 Å². The fraction of sp³-hybridized carbons (Fsp3) is 0.258. The first-order valence-electron chi connectivity index (χ1n) is 13.1. The molecule has 4 rings (SSSR count). The molecule has 1 fully saturated rings. The lowest BCUT2D eigenvalue weighted by atomic mass is 10.1. The normalized spacial score (nSPS) is 14.3. The third kappa shape index (κ3) is 7.56. The lowest BCUT2D eigenvalue weighted by Gasteiger charge is -2.27. The number of carbonyl (C=O) groups is 3. The van der Waals surface area contributed by atoms with Gasteiger partial charge in [-0.25, -0.2) is 4.79 Å². The van der Waals surface area contributed by atoms with Crippen molar-refractivity contribution >= 4 is 55.8 Å². The van der Waals surface area contributed by atoms with Gasteiger partial charge >= 0.3 is 6.03 Å². The molecule has 10 heteroatoms. The Balaban J connectivity index is 1.62. The van der Waals surface area contributed by atoms with Gasteiger partial charge < -0.3 is 14.2 Å². The van der Waals surface area contributed by atoms with Gasteiger partial charge in [0.2, 0.25) is 0 Å². The molecule has 0 spiro atoms. The van der Waals surface area contributed by atoms with E-state index in [0.717, 1.165) is 22.4 Å². The Kier molecular flexibility index (Phi) is 10.2. The van der Waals surface area contributed by atoms with Crippen LogP contribution < -0.4 is 19.5 Å². The van der Waals surface area contributed by atoms with Crippen molar-refractivity contribution in [2.24, 2.45) is 0 Å². The van der Waals surface area contributed by atoms with Gasteiger partial charge in [-0.2, -0.15) is 0 Å². The predicted molar refractivity (Wildman–Crippen MR) is 163 cm³/mol. The molecule has 3 aromatic carbocycles. The molecule has 1 saturated heterocycles. The van der Waals surface area contributed by atoms with Gasteiger partial charge in [0.05, 0.1) is 24.2 Å². The average molecular weight is 686 g/mol. The molecular weight excluding hydrogens is 656 g/mol. The maximum atomic E-state index is 13.5. The summed E-state index contributed by atoms with van der Waals surface area (Å²) in [6.45, 7) is 7.05. The van der Waals surface area contributed by atoms with Crippen molar-refractivity contribution in [1.29, 1.82) is 0 Å². The molecule has 0 atom stereocenters. The van der Waals surface area contributed by atoms with Crippen molar-refractivity contribution in [3.63, 3.8) is 0 Å². The molecule has 0 unspecified atom stereocenters. The molecule has 3 aromatic rings. The van der Waals surface area contributed by atoms with Gasteiger partial charge in [0.25, 0.3) is 11.8 Å². The summed E-state index contributed by atoms with van der Waals surface area (Å²) in [7, 11) is 0. The van der Waals surface area contributed by atoms with Crippen LogP contribution in [0.2, 0.25) is 0 Å². The highest BCUT2D eigenvalue weighted by molar-refractivity contribution is 9.11. The second kappa shape index (κ2) is 13.8. The monoisotopic (exact) mass is 684 g/mol. The summed E-state index contributed by atoms with van der Waals surface area (Å²) >= 11 is 6.99. The predicted octanol–water partition coefficient (Wildman–Crippen LogP) is 6.95. The highest BCUT2D eigenvalue weighted by Crippen LogP contribution is 2.36. The van der Waals surface area contributed by atoms with Gasteiger partial charge in [0.15, 0.2) is 11.5 Å². The SMILES string of the molecule is CCCOc1ccc(CN2C(=O)NC(=O)/C(=C\c3cc(Br)cc(Br)c3OCc3ccc(C)cc3)C2=O)cc1OCC. The topological polar surface area (TPSA) is 94.2 Å². The number of hydrogen-bond donors (Lipinski definition) is 1. The smallest absolute Gasteiger partial charge is 0.331 e. The van der Waals surface area contributed by atoms with Crippen molar-refractivity contribution in [2.45, 2.75) is 40.3 Å². The number of amides is 4. The van der Waals surface area contributed by atoms with E-state index in [1.54, 1.807) is 24.3 Å². The number of nitrogens with one attached hydrogen (secondary N) is 1. The van der Waals surface area contributed by atoms with Gasteiger partial charge in [-0.1, -0.05) is 58.7 Å². The Morgan fingerprint density at radius 1 is 0.878 bits per heavy atom. The highest BCUT2D eigenvalue weighted by atomic mass is 79.9. The fourth-order valence-electron chi connectivity index (χ4n) is 4.11. The highest BCUT2D eigenvalue weighted by Gasteiger charge is 2.36. The fourth-order valence-corrected chi connectivity index (χ4v) is 5.48. The van der Waals surface area contributed by atoms with E-state index in [9.17, 15) is 14.4 Å². The molecule has 1 N–H and O–H groups in total. The Hall–Kier alpha value is -3.63. The molecule has 1 aliphatic heterocycles.